The Hall–Kier alpha value is -2.90. The SMILES string of the molecule is Cc1cc(N2CCn3c(c(C(F)(F)F)c4c(C)cc(C)nc43)C2=O)ccn1. The number of pyridine rings is 2. The molecule has 0 unspecified atom stereocenters. The molecular formula is C19H17F3N4O. The van der Waals surface area contributed by atoms with Gasteiger partial charge in [0.2, 0.25) is 0 Å². The number of carbonyl (C=O) groups excluding carboxylic acids is 1. The Kier molecular flexibility index (Phi) is 3.76. The number of alkyl halides is 3. The molecule has 27 heavy (non-hydrogen) atoms. The molecule has 1 aliphatic rings. The summed E-state index contributed by atoms with van der Waals surface area (Å²) >= 11 is 0. The minimum atomic E-state index is -4.66. The number of carbonyl (C=O) groups is 1. The van der Waals surface area contributed by atoms with E-state index < -0.39 is 17.6 Å². The van der Waals surface area contributed by atoms with Crippen molar-refractivity contribution < 1.29 is 18.0 Å². The second-order valence-corrected chi connectivity index (χ2v) is 6.76. The first-order valence-electron chi connectivity index (χ1n) is 8.50. The monoisotopic (exact) mass is 374 g/mol. The third kappa shape index (κ3) is 2.67. The zero-order valence-electron chi connectivity index (χ0n) is 15.1. The summed E-state index contributed by atoms with van der Waals surface area (Å²) < 4.78 is 43.3. The maximum Gasteiger partial charge on any atom is 0.419 e. The van der Waals surface area contributed by atoms with Crippen molar-refractivity contribution in [3.8, 4) is 0 Å². The highest BCUT2D eigenvalue weighted by Gasteiger charge is 2.44. The molecule has 0 atom stereocenters. The van der Waals surface area contributed by atoms with E-state index in [4.69, 9.17) is 0 Å². The second-order valence-electron chi connectivity index (χ2n) is 6.76. The van der Waals surface area contributed by atoms with Crippen LogP contribution in [0.25, 0.3) is 11.0 Å². The van der Waals surface area contributed by atoms with Crippen LogP contribution >= 0.6 is 0 Å². The summed E-state index contributed by atoms with van der Waals surface area (Å²) in [4.78, 5) is 22.9. The summed E-state index contributed by atoms with van der Waals surface area (Å²) in [5, 5.41) is 0.00390. The van der Waals surface area contributed by atoms with E-state index in [1.54, 1.807) is 45.2 Å². The fraction of sp³-hybridized carbons (Fsp3) is 0.316. The Balaban J connectivity index is 2.00. The van der Waals surface area contributed by atoms with Gasteiger partial charge in [-0.3, -0.25) is 9.78 Å². The number of aryl methyl sites for hydroxylation is 3. The molecule has 0 spiro atoms. The van der Waals surface area contributed by atoms with Crippen molar-refractivity contribution in [2.24, 2.45) is 0 Å². The fourth-order valence-electron chi connectivity index (χ4n) is 3.77. The van der Waals surface area contributed by atoms with Crippen LogP contribution in [0.1, 0.15) is 33.0 Å². The van der Waals surface area contributed by atoms with Gasteiger partial charge in [-0.25, -0.2) is 4.98 Å². The first-order chi connectivity index (χ1) is 12.7. The molecule has 0 bridgehead atoms. The van der Waals surface area contributed by atoms with E-state index in [2.05, 4.69) is 9.97 Å². The Morgan fingerprint density at radius 2 is 1.81 bits per heavy atom. The molecule has 0 radical (unpaired) electrons. The highest BCUT2D eigenvalue weighted by atomic mass is 19.4. The van der Waals surface area contributed by atoms with Crippen LogP contribution in [-0.2, 0) is 12.7 Å². The molecule has 5 nitrogen and oxygen atoms in total. The number of halogens is 3. The Bertz CT molecular complexity index is 1080. The number of aromatic nitrogens is 3. The van der Waals surface area contributed by atoms with Gasteiger partial charge in [0.05, 0.1) is 5.56 Å². The number of amides is 1. The summed E-state index contributed by atoms with van der Waals surface area (Å²) in [6.07, 6.45) is -3.12. The predicted molar refractivity (Wildman–Crippen MR) is 94.9 cm³/mol. The van der Waals surface area contributed by atoms with Gasteiger partial charge in [0.1, 0.15) is 11.3 Å². The zero-order chi connectivity index (χ0) is 19.5. The van der Waals surface area contributed by atoms with E-state index in [0.717, 1.165) is 0 Å². The van der Waals surface area contributed by atoms with Crippen molar-refractivity contribution in [1.29, 1.82) is 0 Å². The average Bonchev–Trinajstić information content (AvgIpc) is 2.91. The third-order valence-corrected chi connectivity index (χ3v) is 4.81. The van der Waals surface area contributed by atoms with Gasteiger partial charge in [0.15, 0.2) is 0 Å². The first kappa shape index (κ1) is 17.5. The van der Waals surface area contributed by atoms with Crippen molar-refractivity contribution in [2.45, 2.75) is 33.5 Å². The molecule has 3 aromatic heterocycles. The van der Waals surface area contributed by atoms with Crippen LogP contribution in [0.4, 0.5) is 18.9 Å². The number of anilines is 1. The largest absolute Gasteiger partial charge is 0.419 e. The number of fused-ring (bicyclic) bond motifs is 3. The Labute approximate surface area is 153 Å². The predicted octanol–water partition coefficient (Wildman–Crippen LogP) is 4.04. The quantitative estimate of drug-likeness (QED) is 0.646. The van der Waals surface area contributed by atoms with E-state index in [9.17, 15) is 18.0 Å². The number of hydrogen-bond donors (Lipinski definition) is 0. The standard InChI is InChI=1S/C19H17F3N4O/c1-10-8-12(3)24-17-14(10)15(19(20,21)22)16-18(27)25(6-7-26(16)17)13-4-5-23-11(2)9-13/h4-5,8-9H,6-7H2,1-3H3. The lowest BCUT2D eigenvalue weighted by Gasteiger charge is -2.29. The van der Waals surface area contributed by atoms with Gasteiger partial charge < -0.3 is 9.47 Å². The molecule has 8 heteroatoms. The van der Waals surface area contributed by atoms with E-state index in [1.807, 2.05) is 0 Å². The van der Waals surface area contributed by atoms with Crippen LogP contribution in [0, 0.1) is 20.8 Å². The van der Waals surface area contributed by atoms with Gasteiger partial charge in [0.25, 0.3) is 5.91 Å². The molecule has 0 fully saturated rings. The van der Waals surface area contributed by atoms with Crippen LogP contribution in [0.5, 0.6) is 0 Å². The summed E-state index contributed by atoms with van der Waals surface area (Å²) in [6, 6.07) is 4.93. The molecule has 140 valence electrons. The summed E-state index contributed by atoms with van der Waals surface area (Å²) in [6.45, 7) is 5.63. The van der Waals surface area contributed by atoms with E-state index in [1.165, 1.54) is 9.47 Å². The Morgan fingerprint density at radius 3 is 2.48 bits per heavy atom. The van der Waals surface area contributed by atoms with Crippen LogP contribution in [0.15, 0.2) is 24.4 Å². The van der Waals surface area contributed by atoms with Crippen molar-refractivity contribution >= 4 is 22.6 Å². The van der Waals surface area contributed by atoms with Crippen molar-refractivity contribution in [2.75, 3.05) is 11.4 Å². The summed E-state index contributed by atoms with van der Waals surface area (Å²) in [5.41, 5.74) is 1.28. The lowest BCUT2D eigenvalue weighted by atomic mass is 10.1. The topological polar surface area (TPSA) is 51.0 Å². The molecular weight excluding hydrogens is 357 g/mol. The van der Waals surface area contributed by atoms with Gasteiger partial charge >= 0.3 is 6.18 Å². The fourth-order valence-corrected chi connectivity index (χ4v) is 3.77. The molecule has 0 aromatic carbocycles. The maximum atomic E-state index is 14.0. The molecule has 1 amide bonds. The molecule has 3 aromatic rings. The van der Waals surface area contributed by atoms with Crippen molar-refractivity contribution in [3.63, 3.8) is 0 Å². The van der Waals surface area contributed by atoms with Crippen LogP contribution in [0.2, 0.25) is 0 Å². The van der Waals surface area contributed by atoms with Crippen molar-refractivity contribution in [1.82, 2.24) is 14.5 Å². The summed E-state index contributed by atoms with van der Waals surface area (Å²) in [5.74, 6) is -0.672. The van der Waals surface area contributed by atoms with Gasteiger partial charge in [-0.05, 0) is 44.5 Å². The van der Waals surface area contributed by atoms with Gasteiger partial charge in [0, 0.05) is 41.7 Å². The highest BCUT2D eigenvalue weighted by Crippen LogP contribution is 2.42. The second kappa shape index (κ2) is 5.80. The highest BCUT2D eigenvalue weighted by molar-refractivity contribution is 6.10. The van der Waals surface area contributed by atoms with E-state index in [-0.39, 0.29) is 29.8 Å². The van der Waals surface area contributed by atoms with E-state index in [0.29, 0.717) is 22.6 Å². The normalized spacial score (nSPS) is 14.7. The average molecular weight is 374 g/mol. The minimum Gasteiger partial charge on any atom is -0.319 e. The molecule has 0 saturated heterocycles. The van der Waals surface area contributed by atoms with Gasteiger partial charge in [-0.15, -0.1) is 0 Å². The van der Waals surface area contributed by atoms with Gasteiger partial charge in [-0.1, -0.05) is 0 Å². The molecule has 0 aliphatic carbocycles. The van der Waals surface area contributed by atoms with Crippen LogP contribution < -0.4 is 4.90 Å². The number of nitrogens with zero attached hydrogens (tertiary/aromatic N) is 4. The van der Waals surface area contributed by atoms with Crippen LogP contribution in [-0.4, -0.2) is 27.0 Å². The zero-order valence-corrected chi connectivity index (χ0v) is 15.1. The lowest BCUT2D eigenvalue weighted by molar-refractivity contribution is -0.136. The minimum absolute atomic E-state index is 0.00390. The molecule has 4 heterocycles. The molecule has 0 saturated carbocycles. The van der Waals surface area contributed by atoms with Gasteiger partial charge in [-0.2, -0.15) is 13.2 Å². The summed E-state index contributed by atoms with van der Waals surface area (Å²) in [7, 11) is 0. The molecule has 0 N–H and O–H groups in total. The van der Waals surface area contributed by atoms with Crippen LogP contribution in [0.3, 0.4) is 0 Å². The molecule has 1 aliphatic heterocycles. The third-order valence-electron chi connectivity index (χ3n) is 4.81. The molecule has 4 rings (SSSR count). The Morgan fingerprint density at radius 1 is 1.07 bits per heavy atom. The smallest absolute Gasteiger partial charge is 0.319 e. The lowest BCUT2D eigenvalue weighted by Crippen LogP contribution is -2.41. The first-order valence-corrected chi connectivity index (χ1v) is 8.50. The number of rotatable bonds is 1. The van der Waals surface area contributed by atoms with Crippen molar-refractivity contribution in [3.05, 3.63) is 52.6 Å². The number of hydrogen-bond acceptors (Lipinski definition) is 3. The van der Waals surface area contributed by atoms with E-state index >= 15 is 0 Å². The maximum absolute atomic E-state index is 14.0.